The zero-order valence-corrected chi connectivity index (χ0v) is 25.2. The molecule has 3 amide bonds. The van der Waals surface area contributed by atoms with Crippen molar-refractivity contribution in [2.24, 2.45) is 11.5 Å². The number of thioether (sulfide) groups is 1. The van der Waals surface area contributed by atoms with Gasteiger partial charge in [-0.25, -0.2) is 4.79 Å². The number of carboxylic acid groups (broad SMARTS) is 1. The molecule has 2 aromatic carbocycles. The SMILES string of the molecule is CSCCC(NC(=O)C(Cc1ccccc1)NC(=O)C(N)CCCCN)C(=O)NC(Cc1c[nH]c2ccccc12)C(=O)O. The number of aromatic amines is 1. The first-order chi connectivity index (χ1) is 20.7. The van der Waals surface area contributed by atoms with E-state index in [2.05, 4.69) is 20.9 Å². The van der Waals surface area contributed by atoms with E-state index in [1.54, 1.807) is 6.20 Å². The molecule has 0 fully saturated rings. The lowest BCUT2D eigenvalue weighted by Crippen LogP contribution is -2.58. The van der Waals surface area contributed by atoms with Crippen LogP contribution in [0.25, 0.3) is 10.9 Å². The van der Waals surface area contributed by atoms with Crippen LogP contribution in [-0.4, -0.2) is 76.5 Å². The van der Waals surface area contributed by atoms with E-state index in [-0.39, 0.29) is 19.3 Å². The Morgan fingerprint density at radius 1 is 0.837 bits per heavy atom. The molecule has 11 nitrogen and oxygen atoms in total. The van der Waals surface area contributed by atoms with Crippen molar-refractivity contribution in [3.63, 3.8) is 0 Å². The summed E-state index contributed by atoms with van der Waals surface area (Å²) in [5.41, 5.74) is 14.1. The van der Waals surface area contributed by atoms with Gasteiger partial charge < -0.3 is 37.5 Å². The first-order valence-corrected chi connectivity index (χ1v) is 15.8. The Kier molecular flexibility index (Phi) is 13.5. The predicted octanol–water partition coefficient (Wildman–Crippen LogP) is 1.70. The van der Waals surface area contributed by atoms with Crippen molar-refractivity contribution in [2.75, 3.05) is 18.6 Å². The van der Waals surface area contributed by atoms with Crippen molar-refractivity contribution in [2.45, 2.75) is 62.7 Å². The van der Waals surface area contributed by atoms with Crippen LogP contribution < -0.4 is 27.4 Å². The molecule has 0 saturated heterocycles. The van der Waals surface area contributed by atoms with Gasteiger partial charge in [-0.1, -0.05) is 55.0 Å². The number of carbonyl (C=O) groups is 4. The van der Waals surface area contributed by atoms with Crippen molar-refractivity contribution in [1.29, 1.82) is 0 Å². The summed E-state index contributed by atoms with van der Waals surface area (Å²) in [5, 5.41) is 18.9. The molecule has 1 aromatic heterocycles. The summed E-state index contributed by atoms with van der Waals surface area (Å²) in [6.07, 6.45) is 5.96. The minimum atomic E-state index is -1.22. The molecule has 4 unspecified atom stereocenters. The Balaban J connectivity index is 1.75. The van der Waals surface area contributed by atoms with Crippen molar-refractivity contribution >= 4 is 46.4 Å². The van der Waals surface area contributed by atoms with Crippen LogP contribution in [0, 0.1) is 0 Å². The minimum absolute atomic E-state index is 0.0585. The number of hydrogen-bond donors (Lipinski definition) is 7. The second-order valence-electron chi connectivity index (χ2n) is 10.4. The second kappa shape index (κ2) is 17.3. The van der Waals surface area contributed by atoms with Gasteiger partial charge in [0.25, 0.3) is 0 Å². The van der Waals surface area contributed by atoms with Crippen LogP contribution in [-0.2, 0) is 32.0 Å². The van der Waals surface area contributed by atoms with E-state index in [9.17, 15) is 24.3 Å². The lowest BCUT2D eigenvalue weighted by Gasteiger charge is -2.25. The van der Waals surface area contributed by atoms with E-state index in [1.807, 2.05) is 60.9 Å². The maximum Gasteiger partial charge on any atom is 0.326 e. The molecule has 12 heteroatoms. The van der Waals surface area contributed by atoms with E-state index >= 15 is 0 Å². The van der Waals surface area contributed by atoms with Crippen LogP contribution in [0.15, 0.2) is 60.8 Å². The van der Waals surface area contributed by atoms with Gasteiger partial charge in [0.15, 0.2) is 0 Å². The van der Waals surface area contributed by atoms with Gasteiger partial charge in [0.2, 0.25) is 17.7 Å². The molecule has 9 N–H and O–H groups in total. The van der Waals surface area contributed by atoms with Gasteiger partial charge in [-0.3, -0.25) is 14.4 Å². The van der Waals surface area contributed by atoms with Crippen molar-refractivity contribution < 1.29 is 24.3 Å². The van der Waals surface area contributed by atoms with E-state index < -0.39 is 47.9 Å². The molecule has 232 valence electrons. The molecule has 0 aliphatic carbocycles. The van der Waals surface area contributed by atoms with E-state index in [4.69, 9.17) is 11.5 Å². The van der Waals surface area contributed by atoms with E-state index in [0.717, 1.165) is 28.5 Å². The molecule has 0 radical (unpaired) electrons. The van der Waals surface area contributed by atoms with Crippen LogP contribution in [0.4, 0.5) is 0 Å². The molecule has 1 heterocycles. The third-order valence-corrected chi connectivity index (χ3v) is 7.82. The molecule has 4 atom stereocenters. The number of hydrogen-bond acceptors (Lipinski definition) is 7. The molecule has 0 saturated carbocycles. The molecular weight excluding hydrogens is 568 g/mol. The number of unbranched alkanes of at least 4 members (excludes halogenated alkanes) is 1. The number of nitrogens with two attached hydrogens (primary N) is 2. The number of rotatable bonds is 18. The quantitative estimate of drug-likeness (QED) is 0.106. The van der Waals surface area contributed by atoms with Gasteiger partial charge in [0.1, 0.15) is 18.1 Å². The Morgan fingerprint density at radius 3 is 2.19 bits per heavy atom. The van der Waals surface area contributed by atoms with E-state index in [0.29, 0.717) is 25.1 Å². The Morgan fingerprint density at radius 2 is 1.49 bits per heavy atom. The number of benzene rings is 2. The zero-order valence-electron chi connectivity index (χ0n) is 24.4. The molecular formula is C31H42N6O5S. The highest BCUT2D eigenvalue weighted by Gasteiger charge is 2.30. The average molecular weight is 611 g/mol. The van der Waals surface area contributed by atoms with Crippen molar-refractivity contribution in [3.05, 3.63) is 71.9 Å². The smallest absolute Gasteiger partial charge is 0.326 e. The van der Waals surface area contributed by atoms with E-state index in [1.165, 1.54) is 11.8 Å². The summed E-state index contributed by atoms with van der Waals surface area (Å²) in [7, 11) is 0. The molecule has 0 aliphatic rings. The molecule has 0 spiro atoms. The first-order valence-electron chi connectivity index (χ1n) is 14.4. The fraction of sp³-hybridized carbons (Fsp3) is 0.419. The Labute approximate surface area is 255 Å². The van der Waals surface area contributed by atoms with Crippen LogP contribution in [0.3, 0.4) is 0 Å². The van der Waals surface area contributed by atoms with Gasteiger partial charge >= 0.3 is 5.97 Å². The number of nitrogens with one attached hydrogen (secondary N) is 4. The zero-order chi connectivity index (χ0) is 31.2. The lowest BCUT2D eigenvalue weighted by molar-refractivity contribution is -0.142. The highest BCUT2D eigenvalue weighted by Crippen LogP contribution is 2.19. The maximum atomic E-state index is 13.6. The second-order valence-corrected chi connectivity index (χ2v) is 11.4. The number of aliphatic carboxylic acids is 1. The predicted molar refractivity (Wildman–Crippen MR) is 169 cm³/mol. The number of carbonyl (C=O) groups excluding carboxylic acids is 3. The summed E-state index contributed by atoms with van der Waals surface area (Å²) < 4.78 is 0. The molecule has 3 aromatic rings. The highest BCUT2D eigenvalue weighted by molar-refractivity contribution is 7.98. The van der Waals surface area contributed by atoms with Gasteiger partial charge in [-0.2, -0.15) is 11.8 Å². The number of carboxylic acids is 1. The van der Waals surface area contributed by atoms with Crippen molar-refractivity contribution in [1.82, 2.24) is 20.9 Å². The fourth-order valence-corrected chi connectivity index (χ4v) is 5.22. The van der Waals surface area contributed by atoms with Crippen LogP contribution in [0.2, 0.25) is 0 Å². The summed E-state index contributed by atoms with van der Waals surface area (Å²) in [4.78, 5) is 55.2. The van der Waals surface area contributed by atoms with Crippen LogP contribution in [0.5, 0.6) is 0 Å². The number of aromatic nitrogens is 1. The molecule has 0 bridgehead atoms. The number of H-pyrrole nitrogens is 1. The lowest BCUT2D eigenvalue weighted by atomic mass is 10.0. The summed E-state index contributed by atoms with van der Waals surface area (Å²) >= 11 is 1.49. The molecule has 43 heavy (non-hydrogen) atoms. The van der Waals surface area contributed by atoms with Crippen LogP contribution in [0.1, 0.15) is 36.8 Å². The first kappa shape index (κ1) is 33.6. The summed E-state index contributed by atoms with van der Waals surface area (Å²) in [6.45, 7) is 0.497. The number of para-hydroxylation sites is 1. The van der Waals surface area contributed by atoms with Crippen LogP contribution >= 0.6 is 11.8 Å². The molecule has 3 rings (SSSR count). The average Bonchev–Trinajstić information content (AvgIpc) is 3.41. The largest absolute Gasteiger partial charge is 0.480 e. The minimum Gasteiger partial charge on any atom is -0.480 e. The number of fused-ring (bicyclic) bond motifs is 1. The topological polar surface area (TPSA) is 192 Å². The molecule has 0 aliphatic heterocycles. The summed E-state index contributed by atoms with van der Waals surface area (Å²) in [5.74, 6) is -2.29. The third-order valence-electron chi connectivity index (χ3n) is 7.18. The summed E-state index contributed by atoms with van der Waals surface area (Å²) in [6, 6.07) is 12.7. The maximum absolute atomic E-state index is 13.6. The Hall–Kier alpha value is -3.87. The normalized spacial score (nSPS) is 13.9. The third kappa shape index (κ3) is 10.4. The van der Waals surface area contributed by atoms with Gasteiger partial charge in [0, 0.05) is 29.9 Å². The fourth-order valence-electron chi connectivity index (χ4n) is 4.75. The van der Waals surface area contributed by atoms with Gasteiger partial charge in [0.05, 0.1) is 6.04 Å². The Bertz CT molecular complexity index is 1350. The number of amides is 3. The van der Waals surface area contributed by atoms with Gasteiger partial charge in [-0.15, -0.1) is 0 Å². The monoisotopic (exact) mass is 610 g/mol. The standard InChI is InChI=1S/C31H42N6O5S/c1-43-16-14-25(29(39)37-27(31(41)42)18-21-19-34-24-13-6-5-11-22(21)24)35-30(40)26(17-20-9-3-2-4-10-20)36-28(38)23(33)12-7-8-15-32/h2-6,9-11,13,19,23,25-27,34H,7-8,12,14-18,32-33H2,1H3,(H,35,40)(H,36,38)(H,37,39)(H,41,42). The van der Waals surface area contributed by atoms with Gasteiger partial charge in [-0.05, 0) is 55.0 Å². The van der Waals surface area contributed by atoms with Crippen molar-refractivity contribution in [3.8, 4) is 0 Å². The highest BCUT2D eigenvalue weighted by atomic mass is 32.2.